The second kappa shape index (κ2) is 13.1. The van der Waals surface area contributed by atoms with E-state index in [4.69, 9.17) is 9.84 Å². The SMILES string of the molecule is C1CCCCC1.C1COCCN1.OCCc1ccccc1C(F)(F)F. The first-order valence-corrected chi connectivity index (χ1v) is 9.10. The van der Waals surface area contributed by atoms with Gasteiger partial charge in [0.05, 0.1) is 18.8 Å². The number of alkyl halides is 3. The van der Waals surface area contributed by atoms with Crippen LogP contribution in [0.3, 0.4) is 0 Å². The lowest BCUT2D eigenvalue weighted by atomic mass is 10.0. The van der Waals surface area contributed by atoms with Crippen molar-refractivity contribution in [2.75, 3.05) is 32.9 Å². The Kier molecular flexibility index (Phi) is 11.5. The van der Waals surface area contributed by atoms with Crippen molar-refractivity contribution in [3.8, 4) is 0 Å². The molecule has 3 nitrogen and oxygen atoms in total. The normalized spacial score (nSPS) is 17.6. The van der Waals surface area contributed by atoms with Gasteiger partial charge in [0.1, 0.15) is 0 Å². The maximum atomic E-state index is 12.3. The lowest BCUT2D eigenvalue weighted by Crippen LogP contribution is -2.30. The molecule has 1 aromatic carbocycles. The Labute approximate surface area is 148 Å². The molecule has 1 saturated carbocycles. The number of hydrogen-bond acceptors (Lipinski definition) is 3. The Balaban J connectivity index is 0.000000214. The predicted molar refractivity (Wildman–Crippen MR) is 93.6 cm³/mol. The molecule has 25 heavy (non-hydrogen) atoms. The highest BCUT2D eigenvalue weighted by Crippen LogP contribution is 2.31. The molecular formula is C19H30F3NO2. The van der Waals surface area contributed by atoms with Crippen molar-refractivity contribution in [1.82, 2.24) is 5.32 Å². The lowest BCUT2D eigenvalue weighted by Gasteiger charge is -2.11. The van der Waals surface area contributed by atoms with Gasteiger partial charge in [0.15, 0.2) is 0 Å². The number of benzene rings is 1. The average Bonchev–Trinajstić information content (AvgIpc) is 2.66. The summed E-state index contributed by atoms with van der Waals surface area (Å²) in [6.45, 7) is 3.56. The van der Waals surface area contributed by atoms with E-state index in [1.165, 1.54) is 56.7 Å². The molecule has 1 aliphatic carbocycles. The van der Waals surface area contributed by atoms with Crippen molar-refractivity contribution >= 4 is 0 Å². The molecule has 1 aromatic rings. The van der Waals surface area contributed by atoms with Gasteiger partial charge in [-0.1, -0.05) is 56.7 Å². The summed E-state index contributed by atoms with van der Waals surface area (Å²) < 4.78 is 41.9. The van der Waals surface area contributed by atoms with Crippen molar-refractivity contribution < 1.29 is 23.0 Å². The standard InChI is InChI=1S/C9H9F3O.C6H12.C4H9NO/c10-9(11,12)8-4-2-1-3-7(8)5-6-13;1-2-4-6-5-3-1;1-3-6-4-2-5-1/h1-4,13H,5-6H2;1-6H2;5H,1-4H2. The van der Waals surface area contributed by atoms with Gasteiger partial charge in [-0.05, 0) is 18.1 Å². The summed E-state index contributed by atoms with van der Waals surface area (Å²) in [4.78, 5) is 0. The zero-order valence-corrected chi connectivity index (χ0v) is 14.8. The van der Waals surface area contributed by atoms with E-state index in [-0.39, 0.29) is 18.6 Å². The van der Waals surface area contributed by atoms with Crippen molar-refractivity contribution in [1.29, 1.82) is 0 Å². The van der Waals surface area contributed by atoms with Crippen LogP contribution >= 0.6 is 0 Å². The lowest BCUT2D eigenvalue weighted by molar-refractivity contribution is -0.138. The second-order valence-electron chi connectivity index (χ2n) is 6.11. The number of ether oxygens (including phenoxy) is 1. The number of aliphatic hydroxyl groups excluding tert-OH is 1. The molecule has 0 bridgehead atoms. The van der Waals surface area contributed by atoms with E-state index in [2.05, 4.69) is 5.32 Å². The molecular weight excluding hydrogens is 331 g/mol. The van der Waals surface area contributed by atoms with E-state index in [0.717, 1.165) is 32.4 Å². The Hall–Kier alpha value is -1.11. The molecule has 1 saturated heterocycles. The van der Waals surface area contributed by atoms with E-state index < -0.39 is 11.7 Å². The van der Waals surface area contributed by atoms with Gasteiger partial charge < -0.3 is 15.2 Å². The molecule has 0 atom stereocenters. The summed E-state index contributed by atoms with van der Waals surface area (Å²) in [5.74, 6) is 0. The molecule has 1 heterocycles. The molecule has 0 unspecified atom stereocenters. The van der Waals surface area contributed by atoms with E-state index in [9.17, 15) is 13.2 Å². The summed E-state index contributed by atoms with van der Waals surface area (Å²) in [6, 6.07) is 5.26. The topological polar surface area (TPSA) is 41.5 Å². The Morgan fingerprint density at radius 3 is 1.80 bits per heavy atom. The summed E-state index contributed by atoms with van der Waals surface area (Å²) in [7, 11) is 0. The van der Waals surface area contributed by atoms with Crippen LogP contribution in [0.4, 0.5) is 13.2 Å². The largest absolute Gasteiger partial charge is 0.416 e. The first-order valence-electron chi connectivity index (χ1n) is 9.10. The molecule has 3 rings (SSSR count). The molecule has 1 aliphatic heterocycles. The van der Waals surface area contributed by atoms with Crippen molar-refractivity contribution in [2.24, 2.45) is 0 Å². The van der Waals surface area contributed by atoms with Crippen molar-refractivity contribution in [2.45, 2.75) is 51.1 Å². The van der Waals surface area contributed by atoms with Gasteiger partial charge in [-0.3, -0.25) is 0 Å². The van der Waals surface area contributed by atoms with E-state index >= 15 is 0 Å². The van der Waals surface area contributed by atoms with Crippen LogP contribution in [0.15, 0.2) is 24.3 Å². The number of nitrogens with one attached hydrogen (secondary N) is 1. The van der Waals surface area contributed by atoms with Gasteiger partial charge in [-0.25, -0.2) is 0 Å². The number of morpholine rings is 1. The van der Waals surface area contributed by atoms with Crippen molar-refractivity contribution in [3.05, 3.63) is 35.4 Å². The molecule has 144 valence electrons. The van der Waals surface area contributed by atoms with Crippen LogP contribution in [0.2, 0.25) is 0 Å². The number of rotatable bonds is 2. The molecule has 0 spiro atoms. The van der Waals surface area contributed by atoms with Gasteiger partial charge in [-0.15, -0.1) is 0 Å². The Morgan fingerprint density at radius 2 is 1.44 bits per heavy atom. The molecule has 2 N–H and O–H groups in total. The highest BCUT2D eigenvalue weighted by Gasteiger charge is 2.32. The van der Waals surface area contributed by atoms with Gasteiger partial charge in [0, 0.05) is 19.7 Å². The average molecular weight is 361 g/mol. The predicted octanol–water partition coefficient (Wildman–Crippen LogP) is 4.19. The number of aliphatic hydroxyl groups is 1. The molecule has 0 radical (unpaired) electrons. The van der Waals surface area contributed by atoms with Crippen LogP contribution in [0, 0.1) is 0 Å². The van der Waals surface area contributed by atoms with Gasteiger partial charge in [-0.2, -0.15) is 13.2 Å². The van der Waals surface area contributed by atoms with Crippen LogP contribution in [-0.2, 0) is 17.3 Å². The van der Waals surface area contributed by atoms with Crippen LogP contribution in [0.1, 0.15) is 49.7 Å². The molecule has 6 heteroatoms. The minimum Gasteiger partial charge on any atom is -0.396 e. The summed E-state index contributed by atoms with van der Waals surface area (Å²) in [5.41, 5.74) is -0.526. The van der Waals surface area contributed by atoms with Crippen LogP contribution in [0.25, 0.3) is 0 Å². The highest BCUT2D eigenvalue weighted by molar-refractivity contribution is 5.29. The first kappa shape index (κ1) is 21.9. The second-order valence-corrected chi connectivity index (χ2v) is 6.11. The maximum Gasteiger partial charge on any atom is 0.416 e. The quantitative estimate of drug-likeness (QED) is 0.830. The number of halogens is 3. The fourth-order valence-electron chi connectivity index (χ4n) is 2.71. The Morgan fingerprint density at radius 1 is 0.920 bits per heavy atom. The monoisotopic (exact) mass is 361 g/mol. The third kappa shape index (κ3) is 10.5. The van der Waals surface area contributed by atoms with Gasteiger partial charge >= 0.3 is 6.18 Å². The van der Waals surface area contributed by atoms with E-state index in [1.807, 2.05) is 0 Å². The molecule has 2 aliphatic rings. The first-order chi connectivity index (χ1) is 12.1. The zero-order chi connectivity index (χ0) is 18.4. The minimum absolute atomic E-state index is 0.0374. The zero-order valence-electron chi connectivity index (χ0n) is 14.8. The Bertz CT molecular complexity index is 410. The third-order valence-corrected chi connectivity index (χ3v) is 4.05. The van der Waals surface area contributed by atoms with Crippen LogP contribution in [-0.4, -0.2) is 38.0 Å². The third-order valence-electron chi connectivity index (χ3n) is 4.05. The number of hydrogen-bond donors (Lipinski definition) is 2. The summed E-state index contributed by atoms with van der Waals surface area (Å²) in [5, 5.41) is 11.7. The molecule has 0 aromatic heterocycles. The van der Waals surface area contributed by atoms with Gasteiger partial charge in [0.2, 0.25) is 0 Å². The fourth-order valence-corrected chi connectivity index (χ4v) is 2.71. The van der Waals surface area contributed by atoms with Crippen LogP contribution < -0.4 is 5.32 Å². The van der Waals surface area contributed by atoms with Crippen LogP contribution in [0.5, 0.6) is 0 Å². The smallest absolute Gasteiger partial charge is 0.396 e. The van der Waals surface area contributed by atoms with E-state index in [0.29, 0.717) is 0 Å². The van der Waals surface area contributed by atoms with E-state index in [1.54, 1.807) is 0 Å². The summed E-state index contributed by atoms with van der Waals surface area (Å²) >= 11 is 0. The summed E-state index contributed by atoms with van der Waals surface area (Å²) in [6.07, 6.45) is 4.71. The maximum absolute atomic E-state index is 12.3. The van der Waals surface area contributed by atoms with Gasteiger partial charge in [0.25, 0.3) is 0 Å². The highest BCUT2D eigenvalue weighted by atomic mass is 19.4. The van der Waals surface area contributed by atoms with Crippen molar-refractivity contribution in [3.63, 3.8) is 0 Å². The molecule has 2 fully saturated rings. The minimum atomic E-state index is -4.33. The fraction of sp³-hybridized carbons (Fsp3) is 0.684. The molecule has 0 amide bonds.